The van der Waals surface area contributed by atoms with Crippen LogP contribution in [0.25, 0.3) is 11.5 Å². The summed E-state index contributed by atoms with van der Waals surface area (Å²) in [4.78, 5) is 16.9. The van der Waals surface area contributed by atoms with Gasteiger partial charge < -0.3 is 9.73 Å². The smallest absolute Gasteiger partial charge is 0.226 e. The molecule has 2 aromatic rings. The third kappa shape index (κ3) is 5.22. The molecular formula is C20H28N2O2. The Morgan fingerprint density at radius 1 is 1.12 bits per heavy atom. The summed E-state index contributed by atoms with van der Waals surface area (Å²) in [5.41, 5.74) is 1.51. The molecule has 130 valence electrons. The number of amides is 1. The van der Waals surface area contributed by atoms with Gasteiger partial charge in [0.1, 0.15) is 5.76 Å². The molecule has 0 aliphatic carbocycles. The van der Waals surface area contributed by atoms with Crippen molar-refractivity contribution in [1.82, 2.24) is 10.3 Å². The first-order valence-corrected chi connectivity index (χ1v) is 8.38. The van der Waals surface area contributed by atoms with Crippen LogP contribution >= 0.6 is 0 Å². The Balaban J connectivity index is 2.06. The van der Waals surface area contributed by atoms with Crippen LogP contribution in [0, 0.1) is 12.3 Å². The van der Waals surface area contributed by atoms with Crippen molar-refractivity contribution in [3.8, 4) is 11.5 Å². The third-order valence-corrected chi connectivity index (χ3v) is 3.69. The fourth-order valence-corrected chi connectivity index (χ4v) is 3.24. The quantitative estimate of drug-likeness (QED) is 0.877. The third-order valence-electron chi connectivity index (χ3n) is 3.69. The first-order valence-electron chi connectivity index (χ1n) is 8.38. The molecule has 1 amide bonds. The minimum Gasteiger partial charge on any atom is -0.441 e. The number of carbonyl (C=O) groups excluding carboxylic acids is 1. The van der Waals surface area contributed by atoms with Gasteiger partial charge >= 0.3 is 0 Å². The molecule has 2 rings (SSSR count). The number of nitrogens with zero attached hydrogens (tertiary/aromatic N) is 1. The summed E-state index contributed by atoms with van der Waals surface area (Å²) in [6, 6.07) is 9.72. The maximum absolute atomic E-state index is 12.4. The van der Waals surface area contributed by atoms with Crippen LogP contribution in [0.3, 0.4) is 0 Å². The van der Waals surface area contributed by atoms with E-state index in [1.54, 1.807) is 0 Å². The first-order chi connectivity index (χ1) is 11.1. The van der Waals surface area contributed by atoms with Crippen LogP contribution < -0.4 is 5.32 Å². The highest BCUT2D eigenvalue weighted by molar-refractivity contribution is 5.79. The van der Waals surface area contributed by atoms with Crippen molar-refractivity contribution in [2.75, 3.05) is 0 Å². The molecule has 0 spiro atoms. The lowest BCUT2D eigenvalue weighted by Crippen LogP contribution is -2.46. The van der Waals surface area contributed by atoms with Crippen molar-refractivity contribution in [3.05, 3.63) is 41.8 Å². The maximum Gasteiger partial charge on any atom is 0.226 e. The SMILES string of the molecule is Cc1oc(-c2ccccc2)nc1CC(=O)NC(C)(C)CC(C)(C)C. The summed E-state index contributed by atoms with van der Waals surface area (Å²) in [5, 5.41) is 3.12. The second-order valence-corrected chi connectivity index (χ2v) is 8.23. The zero-order chi connectivity index (χ0) is 18.0. The standard InChI is InChI=1S/C20H28N2O2/c1-14-16(21-18(24-14)15-10-8-7-9-11-15)12-17(23)22-20(5,6)13-19(2,3)4/h7-11H,12-13H2,1-6H3,(H,22,23). The van der Waals surface area contributed by atoms with E-state index in [0.717, 1.165) is 12.0 Å². The van der Waals surface area contributed by atoms with E-state index >= 15 is 0 Å². The van der Waals surface area contributed by atoms with Gasteiger partial charge in [0.05, 0.1) is 12.1 Å². The second kappa shape index (κ2) is 6.80. The highest BCUT2D eigenvalue weighted by Gasteiger charge is 2.27. The molecule has 0 saturated heterocycles. The summed E-state index contributed by atoms with van der Waals surface area (Å²) in [6.07, 6.45) is 1.13. The number of rotatable bonds is 5. The van der Waals surface area contributed by atoms with Gasteiger partial charge in [-0.1, -0.05) is 39.0 Å². The zero-order valence-corrected chi connectivity index (χ0v) is 15.6. The van der Waals surface area contributed by atoms with Gasteiger partial charge in [0.15, 0.2) is 0 Å². The number of hydrogen-bond acceptors (Lipinski definition) is 3. The van der Waals surface area contributed by atoms with E-state index in [0.29, 0.717) is 17.3 Å². The number of hydrogen-bond donors (Lipinski definition) is 1. The average Bonchev–Trinajstić information content (AvgIpc) is 2.77. The molecule has 4 nitrogen and oxygen atoms in total. The molecule has 0 fully saturated rings. The molecule has 1 aromatic carbocycles. The minimum absolute atomic E-state index is 0.0275. The summed E-state index contributed by atoms with van der Waals surface area (Å²) in [5.74, 6) is 1.22. The Labute approximate surface area is 144 Å². The molecule has 0 saturated carbocycles. The monoisotopic (exact) mass is 328 g/mol. The van der Waals surface area contributed by atoms with Crippen molar-refractivity contribution in [3.63, 3.8) is 0 Å². The molecule has 0 unspecified atom stereocenters. The lowest BCUT2D eigenvalue weighted by molar-refractivity contribution is -0.122. The number of benzene rings is 1. The highest BCUT2D eigenvalue weighted by atomic mass is 16.4. The Kier molecular flexibility index (Phi) is 5.16. The van der Waals surface area contributed by atoms with Crippen molar-refractivity contribution in [2.45, 2.75) is 59.9 Å². The van der Waals surface area contributed by atoms with Gasteiger partial charge in [-0.15, -0.1) is 0 Å². The van der Waals surface area contributed by atoms with Gasteiger partial charge in [-0.3, -0.25) is 4.79 Å². The van der Waals surface area contributed by atoms with Crippen LogP contribution in [0.15, 0.2) is 34.7 Å². The largest absolute Gasteiger partial charge is 0.441 e. The molecule has 1 heterocycles. The minimum atomic E-state index is -0.255. The van der Waals surface area contributed by atoms with Crippen LogP contribution in [0.2, 0.25) is 0 Å². The average molecular weight is 328 g/mol. The van der Waals surface area contributed by atoms with Crippen LogP contribution in [0.4, 0.5) is 0 Å². The lowest BCUT2D eigenvalue weighted by Gasteiger charge is -2.33. The fraction of sp³-hybridized carbons (Fsp3) is 0.500. The van der Waals surface area contributed by atoms with Gasteiger partial charge in [0.2, 0.25) is 11.8 Å². The van der Waals surface area contributed by atoms with Gasteiger partial charge in [-0.05, 0) is 44.7 Å². The molecular weight excluding hydrogens is 300 g/mol. The Hall–Kier alpha value is -2.10. The maximum atomic E-state index is 12.4. The molecule has 0 atom stereocenters. The van der Waals surface area contributed by atoms with Gasteiger partial charge in [-0.2, -0.15) is 0 Å². The molecule has 24 heavy (non-hydrogen) atoms. The van der Waals surface area contributed by atoms with E-state index in [-0.39, 0.29) is 23.3 Å². The molecule has 0 aliphatic heterocycles. The van der Waals surface area contributed by atoms with Crippen molar-refractivity contribution < 1.29 is 9.21 Å². The fourth-order valence-electron chi connectivity index (χ4n) is 3.24. The Bertz CT molecular complexity index is 694. The summed E-state index contributed by atoms with van der Waals surface area (Å²) in [6.45, 7) is 12.5. The van der Waals surface area contributed by atoms with E-state index < -0.39 is 0 Å². The lowest BCUT2D eigenvalue weighted by atomic mass is 9.82. The van der Waals surface area contributed by atoms with Gasteiger partial charge in [0.25, 0.3) is 0 Å². The summed E-state index contributed by atoms with van der Waals surface area (Å²) < 4.78 is 5.72. The van der Waals surface area contributed by atoms with Crippen LogP contribution in [-0.4, -0.2) is 16.4 Å². The number of nitrogens with one attached hydrogen (secondary N) is 1. The van der Waals surface area contributed by atoms with Crippen LogP contribution in [0.5, 0.6) is 0 Å². The molecule has 4 heteroatoms. The number of oxazole rings is 1. The zero-order valence-electron chi connectivity index (χ0n) is 15.6. The van der Waals surface area contributed by atoms with E-state index in [9.17, 15) is 4.79 Å². The number of aromatic nitrogens is 1. The van der Waals surface area contributed by atoms with Crippen molar-refractivity contribution in [1.29, 1.82) is 0 Å². The van der Waals surface area contributed by atoms with Crippen molar-refractivity contribution in [2.24, 2.45) is 5.41 Å². The number of aryl methyl sites for hydroxylation is 1. The summed E-state index contributed by atoms with van der Waals surface area (Å²) >= 11 is 0. The van der Waals surface area contributed by atoms with E-state index in [1.807, 2.05) is 37.3 Å². The molecule has 0 bridgehead atoms. The van der Waals surface area contributed by atoms with E-state index in [2.05, 4.69) is 44.9 Å². The first kappa shape index (κ1) is 18.2. The van der Waals surface area contributed by atoms with Gasteiger partial charge in [0, 0.05) is 11.1 Å². The number of carbonyl (C=O) groups is 1. The van der Waals surface area contributed by atoms with Gasteiger partial charge in [-0.25, -0.2) is 4.98 Å². The molecule has 0 radical (unpaired) electrons. The topological polar surface area (TPSA) is 55.1 Å². The normalized spacial score (nSPS) is 12.2. The predicted molar refractivity (Wildman–Crippen MR) is 96.7 cm³/mol. The molecule has 1 N–H and O–H groups in total. The van der Waals surface area contributed by atoms with Crippen molar-refractivity contribution >= 4 is 5.91 Å². The Morgan fingerprint density at radius 3 is 2.33 bits per heavy atom. The molecule has 1 aromatic heterocycles. The van der Waals surface area contributed by atoms with E-state index in [1.165, 1.54) is 0 Å². The Morgan fingerprint density at radius 2 is 1.75 bits per heavy atom. The van der Waals surface area contributed by atoms with Crippen LogP contribution in [0.1, 0.15) is 52.5 Å². The molecule has 0 aliphatic rings. The summed E-state index contributed by atoms with van der Waals surface area (Å²) in [7, 11) is 0. The van der Waals surface area contributed by atoms with Crippen LogP contribution in [-0.2, 0) is 11.2 Å². The highest BCUT2D eigenvalue weighted by Crippen LogP contribution is 2.27. The predicted octanol–water partition coefficient (Wildman–Crippen LogP) is 4.52. The van der Waals surface area contributed by atoms with E-state index in [4.69, 9.17) is 4.42 Å². The second-order valence-electron chi connectivity index (χ2n) is 8.23.